The largest absolute Gasteiger partial charge is 0.353 e. The standard InChI is InChI=1S/C22H24N6O/c1-16-6-5-7-18(17(16)2)26-22(29)19-14-21(25-15-24-19)28-12-10-27(11-13-28)20-8-3-4-9-23-20/h3-9,14-15H,10-13H2,1-2H3,(H,26,29). The topological polar surface area (TPSA) is 74.2 Å². The van der Waals surface area contributed by atoms with Crippen molar-refractivity contribution in [1.29, 1.82) is 0 Å². The number of aryl methyl sites for hydroxylation is 1. The van der Waals surface area contributed by atoms with Gasteiger partial charge in [-0.1, -0.05) is 18.2 Å². The lowest BCUT2D eigenvalue weighted by atomic mass is 10.1. The highest BCUT2D eigenvalue weighted by Gasteiger charge is 2.20. The summed E-state index contributed by atoms with van der Waals surface area (Å²) in [6, 6.07) is 13.6. The number of piperazine rings is 1. The van der Waals surface area contributed by atoms with E-state index in [2.05, 4.69) is 30.1 Å². The van der Waals surface area contributed by atoms with E-state index in [-0.39, 0.29) is 5.91 Å². The van der Waals surface area contributed by atoms with Crippen molar-refractivity contribution in [2.75, 3.05) is 41.3 Å². The van der Waals surface area contributed by atoms with Gasteiger partial charge < -0.3 is 15.1 Å². The normalized spacial score (nSPS) is 14.0. The fourth-order valence-corrected chi connectivity index (χ4v) is 3.42. The van der Waals surface area contributed by atoms with E-state index in [0.29, 0.717) is 5.69 Å². The van der Waals surface area contributed by atoms with Gasteiger partial charge in [-0.15, -0.1) is 0 Å². The number of nitrogens with one attached hydrogen (secondary N) is 1. The van der Waals surface area contributed by atoms with Crippen LogP contribution in [0.2, 0.25) is 0 Å². The highest BCUT2D eigenvalue weighted by Crippen LogP contribution is 2.20. The molecule has 1 aromatic carbocycles. The van der Waals surface area contributed by atoms with Gasteiger partial charge in [0.05, 0.1) is 0 Å². The second-order valence-corrected chi connectivity index (χ2v) is 7.13. The van der Waals surface area contributed by atoms with Crippen molar-refractivity contribution >= 4 is 23.2 Å². The molecule has 0 atom stereocenters. The molecule has 1 amide bonds. The Morgan fingerprint density at radius 2 is 1.66 bits per heavy atom. The summed E-state index contributed by atoms with van der Waals surface area (Å²) in [5.41, 5.74) is 3.36. The Morgan fingerprint density at radius 1 is 0.897 bits per heavy atom. The summed E-state index contributed by atoms with van der Waals surface area (Å²) in [7, 11) is 0. The van der Waals surface area contributed by atoms with E-state index in [1.807, 2.05) is 56.4 Å². The molecule has 1 N–H and O–H groups in total. The number of hydrogen-bond donors (Lipinski definition) is 1. The number of aromatic nitrogens is 3. The fraction of sp³-hybridized carbons (Fsp3) is 0.273. The predicted molar refractivity (Wildman–Crippen MR) is 115 cm³/mol. The van der Waals surface area contributed by atoms with Crippen LogP contribution in [0.1, 0.15) is 21.6 Å². The Morgan fingerprint density at radius 3 is 2.38 bits per heavy atom. The van der Waals surface area contributed by atoms with Crippen LogP contribution in [0.4, 0.5) is 17.3 Å². The number of pyridine rings is 1. The third-order valence-electron chi connectivity index (χ3n) is 5.32. The third kappa shape index (κ3) is 4.18. The second kappa shape index (κ2) is 8.26. The summed E-state index contributed by atoms with van der Waals surface area (Å²) >= 11 is 0. The molecule has 0 bridgehead atoms. The van der Waals surface area contributed by atoms with E-state index >= 15 is 0 Å². The quantitative estimate of drug-likeness (QED) is 0.740. The van der Waals surface area contributed by atoms with Crippen LogP contribution in [0.25, 0.3) is 0 Å². The predicted octanol–water partition coefficient (Wildman–Crippen LogP) is 3.07. The van der Waals surface area contributed by atoms with Crippen molar-refractivity contribution in [2.45, 2.75) is 13.8 Å². The van der Waals surface area contributed by atoms with Crippen LogP contribution in [0.3, 0.4) is 0 Å². The number of hydrogen-bond acceptors (Lipinski definition) is 6. The first-order chi connectivity index (χ1) is 14.1. The van der Waals surface area contributed by atoms with E-state index in [4.69, 9.17) is 0 Å². The molecule has 2 aromatic heterocycles. The summed E-state index contributed by atoms with van der Waals surface area (Å²) in [6.07, 6.45) is 3.27. The van der Waals surface area contributed by atoms with Crippen LogP contribution < -0.4 is 15.1 Å². The lowest BCUT2D eigenvalue weighted by molar-refractivity contribution is 0.102. The first-order valence-electron chi connectivity index (χ1n) is 9.72. The molecule has 1 aliphatic heterocycles. The summed E-state index contributed by atoms with van der Waals surface area (Å²) < 4.78 is 0. The summed E-state index contributed by atoms with van der Waals surface area (Å²) in [5, 5.41) is 2.96. The van der Waals surface area contributed by atoms with Crippen molar-refractivity contribution in [2.24, 2.45) is 0 Å². The minimum absolute atomic E-state index is 0.227. The molecule has 7 heteroatoms. The van der Waals surface area contributed by atoms with Gasteiger partial charge in [0.1, 0.15) is 23.7 Å². The Kier molecular flexibility index (Phi) is 5.37. The van der Waals surface area contributed by atoms with Gasteiger partial charge in [-0.2, -0.15) is 0 Å². The van der Waals surface area contributed by atoms with Crippen LogP contribution in [-0.2, 0) is 0 Å². The van der Waals surface area contributed by atoms with E-state index in [1.54, 1.807) is 6.07 Å². The first-order valence-corrected chi connectivity index (χ1v) is 9.72. The van der Waals surface area contributed by atoms with Gasteiger partial charge in [0.15, 0.2) is 0 Å². The van der Waals surface area contributed by atoms with Crippen molar-refractivity contribution < 1.29 is 4.79 Å². The average molecular weight is 388 g/mol. The molecular formula is C22H24N6O. The zero-order chi connectivity index (χ0) is 20.2. The Hall–Kier alpha value is -3.48. The second-order valence-electron chi connectivity index (χ2n) is 7.13. The van der Waals surface area contributed by atoms with E-state index in [9.17, 15) is 4.79 Å². The molecule has 3 aromatic rings. The third-order valence-corrected chi connectivity index (χ3v) is 5.32. The number of anilines is 3. The Bertz CT molecular complexity index is 999. The molecule has 0 unspecified atom stereocenters. The van der Waals surface area contributed by atoms with E-state index < -0.39 is 0 Å². The molecule has 1 aliphatic rings. The molecule has 0 saturated carbocycles. The average Bonchev–Trinajstić information content (AvgIpc) is 2.78. The smallest absolute Gasteiger partial charge is 0.274 e. The first kappa shape index (κ1) is 18.9. The Balaban J connectivity index is 1.44. The highest BCUT2D eigenvalue weighted by atomic mass is 16.1. The maximum atomic E-state index is 12.7. The molecule has 0 spiro atoms. The van der Waals surface area contributed by atoms with Crippen molar-refractivity contribution in [3.8, 4) is 0 Å². The maximum absolute atomic E-state index is 12.7. The molecule has 7 nitrogen and oxygen atoms in total. The summed E-state index contributed by atoms with van der Waals surface area (Å²) in [4.78, 5) is 30.1. The van der Waals surface area contributed by atoms with Crippen molar-refractivity contribution in [3.05, 3.63) is 71.8 Å². The maximum Gasteiger partial charge on any atom is 0.274 e. The van der Waals surface area contributed by atoms with Gasteiger partial charge in [0.2, 0.25) is 0 Å². The number of benzene rings is 1. The molecule has 4 rings (SSSR count). The van der Waals surface area contributed by atoms with Crippen molar-refractivity contribution in [1.82, 2.24) is 15.0 Å². The highest BCUT2D eigenvalue weighted by molar-refractivity contribution is 6.03. The van der Waals surface area contributed by atoms with Crippen LogP contribution in [0.15, 0.2) is 55.0 Å². The van der Waals surface area contributed by atoms with Gasteiger partial charge in [0.25, 0.3) is 5.91 Å². The minimum Gasteiger partial charge on any atom is -0.353 e. The number of carbonyl (C=O) groups excluding carboxylic acids is 1. The summed E-state index contributed by atoms with van der Waals surface area (Å²) in [5.74, 6) is 1.53. The zero-order valence-electron chi connectivity index (χ0n) is 16.7. The number of nitrogens with zero attached hydrogens (tertiary/aromatic N) is 5. The number of carbonyl (C=O) groups is 1. The SMILES string of the molecule is Cc1cccc(NC(=O)c2cc(N3CCN(c4ccccn4)CC3)ncn2)c1C. The van der Waals surface area contributed by atoms with Gasteiger partial charge in [-0.05, 0) is 43.2 Å². The van der Waals surface area contributed by atoms with Crippen LogP contribution in [0.5, 0.6) is 0 Å². The van der Waals surface area contributed by atoms with Gasteiger partial charge in [0, 0.05) is 44.1 Å². The lowest BCUT2D eigenvalue weighted by Gasteiger charge is -2.36. The van der Waals surface area contributed by atoms with Gasteiger partial charge in [-0.3, -0.25) is 4.79 Å². The molecule has 148 valence electrons. The van der Waals surface area contributed by atoms with Gasteiger partial charge >= 0.3 is 0 Å². The summed E-state index contributed by atoms with van der Waals surface area (Å²) in [6.45, 7) is 7.35. The molecular weight excluding hydrogens is 364 g/mol. The number of rotatable bonds is 4. The minimum atomic E-state index is -0.227. The van der Waals surface area contributed by atoms with Crippen LogP contribution >= 0.6 is 0 Å². The van der Waals surface area contributed by atoms with E-state index in [1.165, 1.54) is 6.33 Å². The van der Waals surface area contributed by atoms with Crippen LogP contribution in [-0.4, -0.2) is 47.0 Å². The molecule has 1 saturated heterocycles. The Labute approximate surface area is 170 Å². The lowest BCUT2D eigenvalue weighted by Crippen LogP contribution is -2.47. The molecule has 0 aliphatic carbocycles. The molecule has 3 heterocycles. The zero-order valence-corrected chi connectivity index (χ0v) is 16.7. The van der Waals surface area contributed by atoms with Crippen molar-refractivity contribution in [3.63, 3.8) is 0 Å². The fourth-order valence-electron chi connectivity index (χ4n) is 3.42. The number of amides is 1. The van der Waals surface area contributed by atoms with Crippen LogP contribution in [0, 0.1) is 13.8 Å². The monoisotopic (exact) mass is 388 g/mol. The molecule has 1 fully saturated rings. The molecule has 0 radical (unpaired) electrons. The molecule has 29 heavy (non-hydrogen) atoms. The van der Waals surface area contributed by atoms with E-state index in [0.717, 1.165) is 54.6 Å². The van der Waals surface area contributed by atoms with Gasteiger partial charge in [-0.25, -0.2) is 15.0 Å².